The van der Waals surface area contributed by atoms with Crippen LogP contribution in [-0.2, 0) is 32.0 Å². The number of carbonyl (C=O) groups excluding carboxylic acids is 4. The fourth-order valence-corrected chi connectivity index (χ4v) is 7.13. The van der Waals surface area contributed by atoms with E-state index in [1.165, 1.54) is 25.1 Å². The van der Waals surface area contributed by atoms with Gasteiger partial charge in [-0.25, -0.2) is 10.4 Å². The molecular formula is C36H35F3N2O11. The van der Waals surface area contributed by atoms with Crippen LogP contribution in [-0.4, -0.2) is 92.1 Å². The van der Waals surface area contributed by atoms with Crippen LogP contribution >= 0.6 is 0 Å². The third kappa shape index (κ3) is 6.92. The molecule has 0 saturated carbocycles. The fraction of sp³-hybridized carbons (Fsp3) is 0.389. The molecule has 1 fully saturated rings. The summed E-state index contributed by atoms with van der Waals surface area (Å²) < 4.78 is 57.9. The van der Waals surface area contributed by atoms with Gasteiger partial charge in [-0.3, -0.25) is 19.2 Å². The first-order chi connectivity index (χ1) is 24.5. The second kappa shape index (κ2) is 14.0. The Bertz CT molecular complexity index is 1920. The first kappa shape index (κ1) is 37.1. The molecule has 4 unspecified atom stereocenters. The molecule has 1 aliphatic heterocycles. The van der Waals surface area contributed by atoms with E-state index >= 15 is 0 Å². The molecule has 0 amide bonds. The average molecular weight is 729 g/mol. The second-order valence-corrected chi connectivity index (χ2v) is 13.2. The third-order valence-electron chi connectivity index (χ3n) is 9.64. The van der Waals surface area contributed by atoms with Gasteiger partial charge in [0.15, 0.2) is 17.9 Å². The van der Waals surface area contributed by atoms with Crippen LogP contribution in [0.15, 0.2) is 48.5 Å². The van der Waals surface area contributed by atoms with Crippen molar-refractivity contribution < 1.29 is 67.0 Å². The Kier molecular flexibility index (Phi) is 9.99. The summed E-state index contributed by atoms with van der Waals surface area (Å²) in [5.41, 5.74) is -1.19. The van der Waals surface area contributed by atoms with E-state index in [2.05, 4.69) is 5.43 Å². The van der Waals surface area contributed by atoms with Crippen molar-refractivity contribution in [1.82, 2.24) is 10.4 Å². The van der Waals surface area contributed by atoms with Crippen LogP contribution < -0.4 is 10.2 Å². The van der Waals surface area contributed by atoms with E-state index in [1.54, 1.807) is 30.3 Å². The van der Waals surface area contributed by atoms with Gasteiger partial charge >= 0.3 is 6.18 Å². The van der Waals surface area contributed by atoms with Gasteiger partial charge in [-0.15, -0.1) is 0 Å². The normalized spacial score (nSPS) is 25.7. The molecule has 2 aliphatic carbocycles. The minimum atomic E-state index is -4.61. The van der Waals surface area contributed by atoms with Crippen LogP contribution in [0.2, 0.25) is 0 Å². The van der Waals surface area contributed by atoms with Gasteiger partial charge in [0.1, 0.15) is 29.4 Å². The van der Waals surface area contributed by atoms with Crippen molar-refractivity contribution in [1.29, 1.82) is 0 Å². The third-order valence-corrected chi connectivity index (χ3v) is 9.64. The van der Waals surface area contributed by atoms with Crippen LogP contribution in [0.25, 0.3) is 0 Å². The molecule has 16 heteroatoms. The van der Waals surface area contributed by atoms with Gasteiger partial charge in [-0.2, -0.15) is 13.2 Å². The number of benzene rings is 3. The lowest BCUT2D eigenvalue weighted by molar-refractivity contribution is -0.254. The summed E-state index contributed by atoms with van der Waals surface area (Å²) in [4.78, 5) is 51.5. The van der Waals surface area contributed by atoms with Crippen molar-refractivity contribution in [2.24, 2.45) is 0 Å². The highest BCUT2D eigenvalue weighted by Crippen LogP contribution is 2.52. The Morgan fingerprint density at radius 3 is 2.40 bits per heavy atom. The SMILES string of the molecule is CC(=O)[C@]1(O)Cc2c(O)c3c(c(O)c2[C@@H](OC2CC(NN(Cc4ccccc4)CC(F)(F)F)C(O)C(C)O2)C1)C(=O)c1c(OC=O)cccc1C3=O. The molecule has 13 nitrogen and oxygen atoms in total. The number of phenols is 2. The van der Waals surface area contributed by atoms with Crippen molar-refractivity contribution in [3.8, 4) is 17.2 Å². The number of nitrogens with zero attached hydrogens (tertiary/aromatic N) is 1. The standard InChI is InChI=1S/C36H35F3N2O11/c1-17-30(44)22(40-41(15-36(37,38)39)14-19-7-4-3-5-8-19)11-25(51-17)52-24-13-35(49,18(2)43)12-21-27(24)34(48)29-28(32(21)46)31(45)20-9-6-10-23(50-16-42)26(20)33(29)47/h3-10,16-17,22,24-25,30,40,44,46,48-49H,11-15H2,1-2H3/t17?,22?,24-,25?,30?,35-/m0/s1. The number of hydrazine groups is 1. The first-order valence-corrected chi connectivity index (χ1v) is 16.3. The Balaban J connectivity index is 1.37. The predicted octanol–water partition coefficient (Wildman–Crippen LogP) is 3.17. The fourth-order valence-electron chi connectivity index (χ4n) is 7.13. The van der Waals surface area contributed by atoms with Gasteiger partial charge in [0.2, 0.25) is 5.78 Å². The van der Waals surface area contributed by atoms with Crippen LogP contribution in [0, 0.1) is 0 Å². The van der Waals surface area contributed by atoms with E-state index in [0.29, 0.717) is 5.56 Å². The Morgan fingerprint density at radius 2 is 1.75 bits per heavy atom. The first-order valence-electron chi connectivity index (χ1n) is 16.3. The van der Waals surface area contributed by atoms with Gasteiger partial charge < -0.3 is 34.6 Å². The number of rotatable bonds is 10. The lowest BCUT2D eigenvalue weighted by atomic mass is 9.72. The maximum atomic E-state index is 13.9. The lowest BCUT2D eigenvalue weighted by Crippen LogP contribution is -2.59. The summed E-state index contributed by atoms with van der Waals surface area (Å²) in [6.45, 7) is 1.05. The zero-order valence-corrected chi connectivity index (χ0v) is 27.8. The number of phenolic OH excluding ortho intramolecular Hbond substituents is 2. The molecule has 0 aromatic heterocycles. The van der Waals surface area contributed by atoms with E-state index in [0.717, 1.165) is 11.9 Å². The molecule has 3 aromatic carbocycles. The molecule has 3 aromatic rings. The number of aliphatic hydroxyl groups is 2. The summed E-state index contributed by atoms with van der Waals surface area (Å²) in [5.74, 6) is -4.50. The molecule has 6 rings (SSSR count). The number of hydrogen-bond donors (Lipinski definition) is 5. The number of Topliss-reactive ketones (excluding diaryl/α,β-unsaturated/α-hetero) is 1. The van der Waals surface area contributed by atoms with E-state index in [9.17, 15) is 52.8 Å². The highest BCUT2D eigenvalue weighted by molar-refractivity contribution is 6.31. The minimum Gasteiger partial charge on any atom is -0.507 e. The number of carbonyl (C=O) groups is 4. The zero-order valence-electron chi connectivity index (χ0n) is 27.8. The Morgan fingerprint density at radius 1 is 1.06 bits per heavy atom. The number of ether oxygens (including phenoxy) is 3. The van der Waals surface area contributed by atoms with E-state index in [-0.39, 0.29) is 47.4 Å². The van der Waals surface area contributed by atoms with E-state index < -0.39 is 102 Å². The van der Waals surface area contributed by atoms with E-state index in [1.807, 2.05) is 0 Å². The summed E-state index contributed by atoms with van der Waals surface area (Å²) in [7, 11) is 0. The number of fused-ring (bicyclic) bond motifs is 3. The monoisotopic (exact) mass is 728 g/mol. The topological polar surface area (TPSA) is 192 Å². The van der Waals surface area contributed by atoms with Crippen molar-refractivity contribution in [3.63, 3.8) is 0 Å². The van der Waals surface area contributed by atoms with Crippen molar-refractivity contribution >= 4 is 23.8 Å². The number of aromatic hydroxyl groups is 2. The van der Waals surface area contributed by atoms with Crippen molar-refractivity contribution in [2.45, 2.75) is 82.1 Å². The minimum absolute atomic E-state index is 0.0494. The highest BCUT2D eigenvalue weighted by atomic mass is 19.4. The van der Waals surface area contributed by atoms with Crippen LogP contribution in [0.1, 0.15) is 81.3 Å². The second-order valence-electron chi connectivity index (χ2n) is 13.2. The predicted molar refractivity (Wildman–Crippen MR) is 172 cm³/mol. The van der Waals surface area contributed by atoms with Gasteiger partial charge in [0.25, 0.3) is 6.47 Å². The number of ketones is 3. The molecule has 6 atom stereocenters. The van der Waals surface area contributed by atoms with E-state index in [4.69, 9.17) is 14.2 Å². The van der Waals surface area contributed by atoms with Crippen molar-refractivity contribution in [2.75, 3.05) is 6.54 Å². The summed E-state index contributed by atoms with van der Waals surface area (Å²) in [5, 5.41) is 46.6. The number of aliphatic hydroxyl groups excluding tert-OH is 1. The molecule has 0 bridgehead atoms. The summed E-state index contributed by atoms with van der Waals surface area (Å²) in [6, 6.07) is 11.1. The van der Waals surface area contributed by atoms with Gasteiger partial charge in [-0.05, 0) is 25.5 Å². The molecule has 276 valence electrons. The maximum absolute atomic E-state index is 13.9. The molecule has 3 aliphatic rings. The highest BCUT2D eigenvalue weighted by Gasteiger charge is 2.50. The number of hydrogen-bond acceptors (Lipinski definition) is 13. The summed E-state index contributed by atoms with van der Waals surface area (Å²) >= 11 is 0. The maximum Gasteiger partial charge on any atom is 0.402 e. The van der Waals surface area contributed by atoms with Crippen LogP contribution in [0.3, 0.4) is 0 Å². The average Bonchev–Trinajstić information content (AvgIpc) is 3.07. The van der Waals surface area contributed by atoms with Crippen molar-refractivity contribution in [3.05, 3.63) is 87.5 Å². The lowest BCUT2D eigenvalue weighted by Gasteiger charge is -2.43. The quantitative estimate of drug-likeness (QED) is 0.0910. The Labute approximate surface area is 294 Å². The number of alkyl halides is 3. The smallest absolute Gasteiger partial charge is 0.402 e. The summed E-state index contributed by atoms with van der Waals surface area (Å²) in [6.07, 6.45) is -11.2. The van der Waals surface area contributed by atoms with Gasteiger partial charge in [0, 0.05) is 42.5 Å². The van der Waals surface area contributed by atoms with Gasteiger partial charge in [0.05, 0.1) is 41.0 Å². The zero-order chi connectivity index (χ0) is 37.7. The van der Waals surface area contributed by atoms with Crippen LogP contribution in [0.5, 0.6) is 17.2 Å². The molecule has 5 N–H and O–H groups in total. The molecule has 0 spiro atoms. The Hall–Kier alpha value is -4.71. The molecular weight excluding hydrogens is 693 g/mol. The molecule has 52 heavy (non-hydrogen) atoms. The number of nitrogens with one attached hydrogen (secondary N) is 1. The van der Waals surface area contributed by atoms with Crippen LogP contribution in [0.4, 0.5) is 13.2 Å². The largest absolute Gasteiger partial charge is 0.507 e. The molecule has 1 saturated heterocycles. The molecule has 1 heterocycles. The number of halogens is 3. The van der Waals surface area contributed by atoms with Gasteiger partial charge in [-0.1, -0.05) is 42.5 Å². The molecule has 0 radical (unpaired) electrons.